The maximum absolute atomic E-state index is 13.2. The number of amides is 1. The van der Waals surface area contributed by atoms with Crippen molar-refractivity contribution < 1.29 is 22.7 Å². The van der Waals surface area contributed by atoms with Crippen molar-refractivity contribution >= 4 is 32.5 Å². The first kappa shape index (κ1) is 21.3. The lowest BCUT2D eigenvalue weighted by Gasteiger charge is -2.07. The zero-order valence-electron chi connectivity index (χ0n) is 16.5. The fraction of sp³-hybridized carbons (Fsp3) is 0.0455. The number of hydrogen-bond acceptors (Lipinski definition) is 5. The highest BCUT2D eigenvalue weighted by Gasteiger charge is 2.17. The summed E-state index contributed by atoms with van der Waals surface area (Å²) in [5, 5.41) is 24.0. The number of para-hydroxylation sites is 1. The predicted molar refractivity (Wildman–Crippen MR) is 116 cm³/mol. The Morgan fingerprint density at radius 2 is 1.66 bits per heavy atom. The summed E-state index contributed by atoms with van der Waals surface area (Å²) in [6.45, 7) is 0.255. The van der Waals surface area contributed by atoms with Crippen molar-refractivity contribution in [1.29, 1.82) is 0 Å². The van der Waals surface area contributed by atoms with Crippen molar-refractivity contribution in [1.82, 2.24) is 4.57 Å². The molecule has 0 radical (unpaired) electrons. The van der Waals surface area contributed by atoms with Gasteiger partial charge in [-0.1, -0.05) is 30.3 Å². The van der Waals surface area contributed by atoms with Crippen molar-refractivity contribution in [3.05, 3.63) is 89.7 Å². The van der Waals surface area contributed by atoms with E-state index in [1.54, 1.807) is 41.0 Å². The second-order valence-electron chi connectivity index (χ2n) is 6.98. The van der Waals surface area contributed by atoms with Crippen LogP contribution in [0.3, 0.4) is 0 Å². The molecule has 0 atom stereocenters. The van der Waals surface area contributed by atoms with Crippen molar-refractivity contribution in [2.75, 3.05) is 0 Å². The Morgan fingerprint density at radius 3 is 2.31 bits per heavy atom. The van der Waals surface area contributed by atoms with Gasteiger partial charge in [-0.2, -0.15) is 0 Å². The molecule has 162 valence electrons. The van der Waals surface area contributed by atoms with Gasteiger partial charge in [0.1, 0.15) is 5.82 Å². The Morgan fingerprint density at radius 1 is 1.00 bits per heavy atom. The molecule has 0 aliphatic carbocycles. The Balaban J connectivity index is 1.67. The van der Waals surface area contributed by atoms with Gasteiger partial charge in [-0.05, 0) is 48.0 Å². The summed E-state index contributed by atoms with van der Waals surface area (Å²) in [7, 11) is -3.88. The summed E-state index contributed by atoms with van der Waals surface area (Å²) in [4.78, 5) is 12.3. The van der Waals surface area contributed by atoms with E-state index in [0.29, 0.717) is 10.9 Å². The Bertz CT molecular complexity index is 1440. The van der Waals surface area contributed by atoms with Gasteiger partial charge in [0.2, 0.25) is 15.9 Å². The molecule has 1 heterocycles. The molecule has 0 unspecified atom stereocenters. The van der Waals surface area contributed by atoms with Crippen LogP contribution in [0.4, 0.5) is 10.1 Å². The summed E-state index contributed by atoms with van der Waals surface area (Å²) >= 11 is 0. The lowest BCUT2D eigenvalue weighted by atomic mass is 10.2. The summed E-state index contributed by atoms with van der Waals surface area (Å²) in [5.41, 5.74) is 1.64. The van der Waals surface area contributed by atoms with E-state index in [0.717, 1.165) is 5.56 Å². The number of nitrogens with zero attached hydrogens (tertiary/aromatic N) is 3. The first-order valence-corrected chi connectivity index (χ1v) is 10.9. The van der Waals surface area contributed by atoms with Crippen LogP contribution >= 0.6 is 0 Å². The molecule has 10 heteroatoms. The number of hydrogen-bond donors (Lipinski definition) is 2. The van der Waals surface area contributed by atoms with Crippen molar-refractivity contribution in [3.63, 3.8) is 0 Å². The van der Waals surface area contributed by atoms with E-state index < -0.39 is 15.9 Å². The van der Waals surface area contributed by atoms with E-state index in [1.165, 1.54) is 36.4 Å². The van der Waals surface area contributed by atoms with E-state index in [2.05, 4.69) is 10.2 Å². The van der Waals surface area contributed by atoms with Gasteiger partial charge < -0.3 is 9.67 Å². The number of benzene rings is 3. The van der Waals surface area contributed by atoms with Crippen LogP contribution in [-0.2, 0) is 16.6 Å². The number of rotatable bonds is 5. The zero-order chi connectivity index (χ0) is 22.9. The van der Waals surface area contributed by atoms with Crippen LogP contribution in [0.5, 0.6) is 5.88 Å². The molecular weight excluding hydrogens is 435 g/mol. The van der Waals surface area contributed by atoms with Gasteiger partial charge in [0.05, 0.1) is 17.0 Å². The van der Waals surface area contributed by atoms with E-state index in [-0.39, 0.29) is 34.4 Å². The van der Waals surface area contributed by atoms with Gasteiger partial charge in [0, 0.05) is 10.9 Å². The molecule has 0 saturated heterocycles. The fourth-order valence-electron chi connectivity index (χ4n) is 3.24. The highest BCUT2D eigenvalue weighted by molar-refractivity contribution is 7.89. The minimum Gasteiger partial charge on any atom is -0.493 e. The molecule has 3 N–H and O–H groups in total. The lowest BCUT2D eigenvalue weighted by Crippen LogP contribution is -2.12. The number of azo groups is 1. The predicted octanol–water partition coefficient (Wildman–Crippen LogP) is 4.11. The third-order valence-corrected chi connectivity index (χ3v) is 5.77. The number of sulfonamides is 1. The topological polar surface area (TPSA) is 127 Å². The van der Waals surface area contributed by atoms with Gasteiger partial charge >= 0.3 is 0 Å². The van der Waals surface area contributed by atoms with Crippen LogP contribution < -0.4 is 5.14 Å². The molecule has 0 aliphatic heterocycles. The number of halogens is 1. The number of aromatic nitrogens is 1. The summed E-state index contributed by atoms with van der Waals surface area (Å²) in [5.74, 6) is -1.28. The molecule has 1 aromatic heterocycles. The highest BCUT2D eigenvalue weighted by atomic mass is 32.2. The molecule has 3 aromatic carbocycles. The second-order valence-corrected chi connectivity index (χ2v) is 8.54. The minimum atomic E-state index is -3.88. The van der Waals surface area contributed by atoms with Gasteiger partial charge in [-0.25, -0.2) is 17.9 Å². The average Bonchev–Trinajstić information content (AvgIpc) is 3.04. The van der Waals surface area contributed by atoms with Crippen LogP contribution in [-0.4, -0.2) is 24.0 Å². The summed E-state index contributed by atoms with van der Waals surface area (Å²) < 4.78 is 37.5. The molecule has 0 aliphatic rings. The lowest BCUT2D eigenvalue weighted by molar-refractivity contribution is 0.0995. The van der Waals surface area contributed by atoms with E-state index in [1.807, 2.05) is 0 Å². The largest absolute Gasteiger partial charge is 0.493 e. The molecule has 1 amide bonds. The molecule has 0 bridgehead atoms. The third kappa shape index (κ3) is 4.27. The highest BCUT2D eigenvalue weighted by Crippen LogP contribution is 2.39. The quantitative estimate of drug-likeness (QED) is 0.442. The monoisotopic (exact) mass is 452 g/mol. The number of carbonyl (C=O) groups excluding carboxylic acids is 1. The van der Waals surface area contributed by atoms with Crippen LogP contribution in [0.1, 0.15) is 15.9 Å². The van der Waals surface area contributed by atoms with Gasteiger partial charge in [0.25, 0.3) is 5.91 Å². The number of aromatic hydroxyl groups is 1. The van der Waals surface area contributed by atoms with E-state index >= 15 is 0 Å². The van der Waals surface area contributed by atoms with Gasteiger partial charge in [0.15, 0.2) is 5.69 Å². The van der Waals surface area contributed by atoms with Crippen LogP contribution in [0.15, 0.2) is 87.9 Å². The number of fused-ring (bicyclic) bond motifs is 1. The van der Waals surface area contributed by atoms with Crippen molar-refractivity contribution in [2.45, 2.75) is 11.4 Å². The van der Waals surface area contributed by atoms with Gasteiger partial charge in [-0.15, -0.1) is 10.2 Å². The van der Waals surface area contributed by atoms with Crippen molar-refractivity contribution in [2.24, 2.45) is 15.4 Å². The molecule has 32 heavy (non-hydrogen) atoms. The fourth-order valence-corrected chi connectivity index (χ4v) is 3.76. The van der Waals surface area contributed by atoms with Crippen LogP contribution in [0.25, 0.3) is 10.9 Å². The molecule has 4 aromatic rings. The number of primary sulfonamides is 1. The average molecular weight is 452 g/mol. The van der Waals surface area contributed by atoms with E-state index in [9.17, 15) is 22.7 Å². The SMILES string of the molecule is NS(=O)(=O)c1ccc(C(=O)N=Nc2c(O)n(Cc3ccc(F)cc3)c3ccccc23)cc1. The standard InChI is InChI=1S/C22H17FN4O4S/c23-16-9-5-14(6-10-16)13-27-19-4-2-1-3-18(19)20(22(27)29)25-26-21(28)15-7-11-17(12-8-15)32(24,30)31/h1-12,29H,13H2,(H2,24,30,31). The smallest absolute Gasteiger partial charge is 0.295 e. The Kier molecular flexibility index (Phi) is 5.56. The van der Waals surface area contributed by atoms with Gasteiger partial charge in [-0.3, -0.25) is 4.79 Å². The molecule has 0 spiro atoms. The summed E-state index contributed by atoms with van der Waals surface area (Å²) in [6.07, 6.45) is 0. The first-order chi connectivity index (χ1) is 15.2. The molecule has 0 saturated carbocycles. The zero-order valence-corrected chi connectivity index (χ0v) is 17.3. The summed E-state index contributed by atoms with van der Waals surface area (Å²) in [6, 6.07) is 17.9. The normalized spacial score (nSPS) is 11.9. The molecular formula is C22H17FN4O4S. The maximum atomic E-state index is 13.2. The van der Waals surface area contributed by atoms with Crippen molar-refractivity contribution in [3.8, 4) is 5.88 Å². The number of nitrogens with two attached hydrogens (primary N) is 1. The van der Waals surface area contributed by atoms with Crippen LogP contribution in [0.2, 0.25) is 0 Å². The first-order valence-electron chi connectivity index (χ1n) is 9.37. The Labute approximate surface area is 182 Å². The minimum absolute atomic E-state index is 0.107. The molecule has 0 fully saturated rings. The Hall–Kier alpha value is -3.89. The van der Waals surface area contributed by atoms with E-state index in [4.69, 9.17) is 5.14 Å². The second kappa shape index (κ2) is 8.33. The third-order valence-electron chi connectivity index (χ3n) is 4.84. The number of carbonyl (C=O) groups is 1. The maximum Gasteiger partial charge on any atom is 0.295 e. The molecule has 8 nitrogen and oxygen atoms in total. The van der Waals surface area contributed by atoms with Crippen LogP contribution in [0, 0.1) is 5.82 Å². The molecule has 4 rings (SSSR count).